The Kier molecular flexibility index (Phi) is 5.17. The molecule has 0 aromatic carbocycles. The molecule has 0 aromatic heterocycles. The monoisotopic (exact) mass is 255 g/mol. The number of aliphatic carboxylic acids is 1. The zero-order chi connectivity index (χ0) is 13.8. The van der Waals surface area contributed by atoms with Gasteiger partial charge in [-0.05, 0) is 38.0 Å². The molecular weight excluding hydrogens is 230 g/mol. The molecule has 0 saturated heterocycles. The van der Waals surface area contributed by atoms with Crippen LogP contribution in [-0.2, 0) is 9.59 Å². The zero-order valence-corrected chi connectivity index (χ0v) is 11.7. The number of nitrogens with one attached hydrogen (secondary N) is 1. The molecule has 1 aliphatic carbocycles. The number of amides is 1. The van der Waals surface area contributed by atoms with E-state index in [4.69, 9.17) is 0 Å². The van der Waals surface area contributed by atoms with E-state index >= 15 is 0 Å². The van der Waals surface area contributed by atoms with Gasteiger partial charge in [0.25, 0.3) is 0 Å². The highest BCUT2D eigenvalue weighted by molar-refractivity contribution is 5.88. The maximum Gasteiger partial charge on any atom is 0.329 e. The third-order valence-electron chi connectivity index (χ3n) is 4.07. The van der Waals surface area contributed by atoms with Gasteiger partial charge in [0.2, 0.25) is 5.91 Å². The van der Waals surface area contributed by atoms with Gasteiger partial charge in [0.15, 0.2) is 0 Å². The van der Waals surface area contributed by atoms with E-state index in [2.05, 4.69) is 12.2 Å². The van der Waals surface area contributed by atoms with E-state index in [1.807, 2.05) is 13.8 Å². The van der Waals surface area contributed by atoms with Crippen LogP contribution in [0.2, 0.25) is 0 Å². The van der Waals surface area contributed by atoms with Crippen molar-refractivity contribution in [2.45, 2.75) is 64.8 Å². The first-order valence-electron chi connectivity index (χ1n) is 6.96. The molecule has 0 aromatic rings. The summed E-state index contributed by atoms with van der Waals surface area (Å²) in [5.41, 5.74) is -1.02. The lowest BCUT2D eigenvalue weighted by molar-refractivity contribution is -0.150. The fourth-order valence-corrected chi connectivity index (χ4v) is 2.57. The van der Waals surface area contributed by atoms with Gasteiger partial charge in [-0.1, -0.05) is 27.2 Å². The smallest absolute Gasteiger partial charge is 0.329 e. The Hall–Kier alpha value is -1.06. The summed E-state index contributed by atoms with van der Waals surface area (Å²) in [4.78, 5) is 23.5. The average molecular weight is 255 g/mol. The van der Waals surface area contributed by atoms with Crippen molar-refractivity contribution < 1.29 is 14.7 Å². The number of carboxylic acids is 1. The molecule has 104 valence electrons. The van der Waals surface area contributed by atoms with E-state index in [1.54, 1.807) is 0 Å². The molecule has 18 heavy (non-hydrogen) atoms. The fourth-order valence-electron chi connectivity index (χ4n) is 2.57. The first-order chi connectivity index (χ1) is 8.41. The van der Waals surface area contributed by atoms with Crippen molar-refractivity contribution in [3.63, 3.8) is 0 Å². The zero-order valence-electron chi connectivity index (χ0n) is 11.7. The third kappa shape index (κ3) is 3.47. The summed E-state index contributed by atoms with van der Waals surface area (Å²) in [5.74, 6) is -0.548. The maximum absolute atomic E-state index is 12.0. The molecule has 1 rings (SSSR count). The Bertz CT molecular complexity index is 306. The van der Waals surface area contributed by atoms with E-state index in [1.165, 1.54) is 0 Å². The lowest BCUT2D eigenvalue weighted by Gasteiger charge is -2.37. The molecule has 0 spiro atoms. The van der Waals surface area contributed by atoms with Crippen LogP contribution in [0.3, 0.4) is 0 Å². The predicted molar refractivity (Wildman–Crippen MR) is 70.2 cm³/mol. The number of rotatable bonds is 5. The normalized spacial score (nSPS) is 29.6. The van der Waals surface area contributed by atoms with E-state index in [0.29, 0.717) is 18.8 Å². The Labute approximate surface area is 109 Å². The van der Waals surface area contributed by atoms with Crippen LogP contribution in [0.25, 0.3) is 0 Å². The first kappa shape index (κ1) is 15.0. The summed E-state index contributed by atoms with van der Waals surface area (Å²) in [7, 11) is 0. The van der Waals surface area contributed by atoms with Gasteiger partial charge in [0, 0.05) is 5.92 Å². The molecule has 4 heteroatoms. The van der Waals surface area contributed by atoms with Crippen molar-refractivity contribution in [2.75, 3.05) is 0 Å². The second-order valence-electron chi connectivity index (χ2n) is 5.75. The van der Waals surface area contributed by atoms with Crippen LogP contribution in [0.15, 0.2) is 0 Å². The van der Waals surface area contributed by atoms with Crippen LogP contribution < -0.4 is 5.32 Å². The molecule has 1 unspecified atom stereocenters. The molecule has 0 bridgehead atoms. The minimum Gasteiger partial charge on any atom is -0.480 e. The molecular formula is C14H25NO3. The SMILES string of the molecule is CCCC(C)C(=O)NC1(C(=O)O)CCC(C)CC1. The second kappa shape index (κ2) is 6.21. The number of hydrogen-bond acceptors (Lipinski definition) is 2. The van der Waals surface area contributed by atoms with Gasteiger partial charge in [-0.2, -0.15) is 0 Å². The molecule has 1 atom stereocenters. The average Bonchev–Trinajstić information content (AvgIpc) is 2.32. The van der Waals surface area contributed by atoms with Crippen LogP contribution >= 0.6 is 0 Å². The summed E-state index contributed by atoms with van der Waals surface area (Å²) >= 11 is 0. The summed E-state index contributed by atoms with van der Waals surface area (Å²) in [6, 6.07) is 0. The van der Waals surface area contributed by atoms with Gasteiger partial charge >= 0.3 is 5.97 Å². The van der Waals surface area contributed by atoms with Crippen LogP contribution in [0, 0.1) is 11.8 Å². The molecule has 1 aliphatic rings. The van der Waals surface area contributed by atoms with Crippen molar-refractivity contribution in [3.05, 3.63) is 0 Å². The van der Waals surface area contributed by atoms with Crippen molar-refractivity contribution in [2.24, 2.45) is 11.8 Å². The van der Waals surface area contributed by atoms with Crippen molar-refractivity contribution in [3.8, 4) is 0 Å². The molecule has 0 radical (unpaired) electrons. The van der Waals surface area contributed by atoms with Gasteiger partial charge in [0.1, 0.15) is 5.54 Å². The van der Waals surface area contributed by atoms with Crippen molar-refractivity contribution in [1.82, 2.24) is 5.32 Å². The molecule has 1 saturated carbocycles. The highest BCUT2D eigenvalue weighted by atomic mass is 16.4. The first-order valence-corrected chi connectivity index (χ1v) is 6.96. The minimum absolute atomic E-state index is 0.106. The van der Waals surface area contributed by atoms with Crippen molar-refractivity contribution >= 4 is 11.9 Å². The Morgan fingerprint density at radius 2 is 1.94 bits per heavy atom. The van der Waals surface area contributed by atoms with Gasteiger partial charge in [-0.3, -0.25) is 4.79 Å². The van der Waals surface area contributed by atoms with Crippen LogP contribution in [0.4, 0.5) is 0 Å². The molecule has 1 fully saturated rings. The maximum atomic E-state index is 12.0. The third-order valence-corrected chi connectivity index (χ3v) is 4.07. The predicted octanol–water partition coefficient (Wildman–Crippen LogP) is 2.57. The fraction of sp³-hybridized carbons (Fsp3) is 0.857. The van der Waals surface area contributed by atoms with E-state index in [9.17, 15) is 14.7 Å². The molecule has 0 aliphatic heterocycles. The van der Waals surface area contributed by atoms with E-state index < -0.39 is 11.5 Å². The highest BCUT2D eigenvalue weighted by Gasteiger charge is 2.42. The minimum atomic E-state index is -1.02. The summed E-state index contributed by atoms with van der Waals surface area (Å²) in [6.07, 6.45) is 4.58. The number of carbonyl (C=O) groups excluding carboxylic acids is 1. The van der Waals surface area contributed by atoms with Crippen molar-refractivity contribution in [1.29, 1.82) is 0 Å². The quantitative estimate of drug-likeness (QED) is 0.793. The highest BCUT2D eigenvalue weighted by Crippen LogP contribution is 2.32. The molecule has 4 nitrogen and oxygen atoms in total. The summed E-state index contributed by atoms with van der Waals surface area (Å²) in [6.45, 7) is 6.02. The van der Waals surface area contributed by atoms with E-state index in [-0.39, 0.29) is 11.8 Å². The van der Waals surface area contributed by atoms with Gasteiger partial charge in [-0.15, -0.1) is 0 Å². The van der Waals surface area contributed by atoms with Crippen LogP contribution in [0.5, 0.6) is 0 Å². The van der Waals surface area contributed by atoms with Crippen LogP contribution in [-0.4, -0.2) is 22.5 Å². The molecule has 1 amide bonds. The standard InChI is InChI=1S/C14H25NO3/c1-4-5-11(3)12(16)15-14(13(17)18)8-6-10(2)7-9-14/h10-11H,4-9H2,1-3H3,(H,15,16)(H,17,18). The van der Waals surface area contributed by atoms with Gasteiger partial charge < -0.3 is 10.4 Å². The Morgan fingerprint density at radius 1 is 1.39 bits per heavy atom. The number of hydrogen-bond donors (Lipinski definition) is 2. The van der Waals surface area contributed by atoms with Gasteiger partial charge in [-0.25, -0.2) is 4.79 Å². The number of carbonyl (C=O) groups is 2. The second-order valence-corrected chi connectivity index (χ2v) is 5.75. The topological polar surface area (TPSA) is 66.4 Å². The Morgan fingerprint density at radius 3 is 2.39 bits per heavy atom. The largest absolute Gasteiger partial charge is 0.480 e. The van der Waals surface area contributed by atoms with E-state index in [0.717, 1.165) is 25.7 Å². The molecule has 0 heterocycles. The lowest BCUT2D eigenvalue weighted by Crippen LogP contribution is -2.57. The molecule has 2 N–H and O–H groups in total. The van der Waals surface area contributed by atoms with Crippen LogP contribution in [0.1, 0.15) is 59.3 Å². The van der Waals surface area contributed by atoms with Gasteiger partial charge in [0.05, 0.1) is 0 Å². The lowest BCUT2D eigenvalue weighted by atomic mass is 9.77. The number of carboxylic acid groups (broad SMARTS) is 1. The Balaban J connectivity index is 2.69. The summed E-state index contributed by atoms with van der Waals surface area (Å²) in [5, 5.41) is 12.2. The summed E-state index contributed by atoms with van der Waals surface area (Å²) < 4.78 is 0.